The Morgan fingerprint density at radius 2 is 2.44 bits per heavy atom. The summed E-state index contributed by atoms with van der Waals surface area (Å²) in [6.45, 7) is 3.70. The smallest absolute Gasteiger partial charge is 0.240 e. The van der Waals surface area contributed by atoms with Gasteiger partial charge in [0.05, 0.1) is 23.0 Å². The van der Waals surface area contributed by atoms with Crippen LogP contribution < -0.4 is 5.32 Å². The van der Waals surface area contributed by atoms with Crippen LogP contribution in [-0.2, 0) is 11.3 Å². The van der Waals surface area contributed by atoms with Gasteiger partial charge in [-0.25, -0.2) is 0 Å². The molecule has 2 heterocycles. The fourth-order valence-electron chi connectivity index (χ4n) is 2.10. The Hall–Kier alpha value is -0.620. The molecule has 1 fully saturated rings. The first-order chi connectivity index (χ1) is 8.60. The number of carbonyl (C=O) groups is 1. The lowest BCUT2D eigenvalue weighted by molar-refractivity contribution is -0.133. The molecule has 0 saturated carbocycles. The fraction of sp³-hybridized carbons (Fsp3) is 0.583. The Balaban J connectivity index is 1.97. The van der Waals surface area contributed by atoms with Gasteiger partial charge in [0.15, 0.2) is 0 Å². The largest absolute Gasteiger partial charge is 0.392 e. The van der Waals surface area contributed by atoms with Crippen LogP contribution in [0.2, 0.25) is 4.34 Å². The second-order valence-electron chi connectivity index (χ2n) is 4.41. The summed E-state index contributed by atoms with van der Waals surface area (Å²) in [6, 6.07) is 3.53. The van der Waals surface area contributed by atoms with Gasteiger partial charge in [0.1, 0.15) is 0 Å². The fourth-order valence-corrected chi connectivity index (χ4v) is 3.20. The summed E-state index contributed by atoms with van der Waals surface area (Å²) in [5.41, 5.74) is 0. The molecule has 1 saturated heterocycles. The molecule has 1 amide bonds. The standard InChI is InChI=1S/C12H17ClN2O2S/c1-2-15(7-9-3-4-11(13)18-9)12(17)10-5-8(16)6-14-10/h3-4,8,10,14,16H,2,5-7H2,1H3/t8-,10+/m1/s1. The van der Waals surface area contributed by atoms with Gasteiger partial charge in [-0.2, -0.15) is 0 Å². The van der Waals surface area contributed by atoms with E-state index in [1.165, 1.54) is 11.3 Å². The number of nitrogens with zero attached hydrogens (tertiary/aromatic N) is 1. The Morgan fingerprint density at radius 1 is 1.67 bits per heavy atom. The van der Waals surface area contributed by atoms with Crippen LogP contribution in [-0.4, -0.2) is 41.1 Å². The van der Waals surface area contributed by atoms with Gasteiger partial charge < -0.3 is 15.3 Å². The molecule has 0 spiro atoms. The number of hydrogen-bond donors (Lipinski definition) is 2. The van der Waals surface area contributed by atoms with Crippen LogP contribution in [0.3, 0.4) is 0 Å². The van der Waals surface area contributed by atoms with E-state index in [2.05, 4.69) is 5.32 Å². The second-order valence-corrected chi connectivity index (χ2v) is 6.21. The molecule has 0 unspecified atom stereocenters. The number of rotatable bonds is 4. The van der Waals surface area contributed by atoms with Crippen molar-refractivity contribution in [3.63, 3.8) is 0 Å². The Morgan fingerprint density at radius 3 is 2.94 bits per heavy atom. The Labute approximate surface area is 116 Å². The van der Waals surface area contributed by atoms with E-state index in [-0.39, 0.29) is 11.9 Å². The quantitative estimate of drug-likeness (QED) is 0.882. The Kier molecular flexibility index (Phi) is 4.61. The van der Waals surface area contributed by atoms with Gasteiger partial charge in [-0.3, -0.25) is 4.79 Å². The third-order valence-electron chi connectivity index (χ3n) is 3.07. The lowest BCUT2D eigenvalue weighted by Crippen LogP contribution is -2.43. The van der Waals surface area contributed by atoms with Gasteiger partial charge >= 0.3 is 0 Å². The summed E-state index contributed by atoms with van der Waals surface area (Å²) >= 11 is 7.38. The van der Waals surface area contributed by atoms with Crippen molar-refractivity contribution in [2.24, 2.45) is 0 Å². The van der Waals surface area contributed by atoms with Crippen molar-refractivity contribution in [3.8, 4) is 0 Å². The molecule has 0 radical (unpaired) electrons. The maximum Gasteiger partial charge on any atom is 0.240 e. The van der Waals surface area contributed by atoms with Crippen molar-refractivity contribution in [2.75, 3.05) is 13.1 Å². The monoisotopic (exact) mass is 288 g/mol. The SMILES string of the molecule is CCN(Cc1ccc(Cl)s1)C(=O)[C@@H]1C[C@@H](O)CN1. The molecule has 4 nitrogen and oxygen atoms in total. The van der Waals surface area contributed by atoms with Crippen molar-refractivity contribution in [1.29, 1.82) is 0 Å². The number of nitrogens with one attached hydrogen (secondary N) is 1. The molecule has 2 atom stereocenters. The summed E-state index contributed by atoms with van der Waals surface area (Å²) < 4.78 is 0.739. The minimum absolute atomic E-state index is 0.0542. The molecular formula is C12H17ClN2O2S. The zero-order chi connectivity index (χ0) is 13.1. The van der Waals surface area contributed by atoms with E-state index in [1.54, 1.807) is 4.90 Å². The van der Waals surface area contributed by atoms with Crippen molar-refractivity contribution >= 4 is 28.8 Å². The van der Waals surface area contributed by atoms with Crippen LogP contribution in [0.4, 0.5) is 0 Å². The van der Waals surface area contributed by atoms with Crippen LogP contribution in [0.25, 0.3) is 0 Å². The normalized spacial score (nSPS) is 23.3. The second kappa shape index (κ2) is 6.02. The van der Waals surface area contributed by atoms with Crippen molar-refractivity contribution in [2.45, 2.75) is 32.0 Å². The topological polar surface area (TPSA) is 52.6 Å². The predicted molar refractivity (Wildman–Crippen MR) is 72.8 cm³/mol. The third kappa shape index (κ3) is 3.23. The minimum atomic E-state index is -0.408. The summed E-state index contributed by atoms with van der Waals surface area (Å²) in [5.74, 6) is 0.0542. The van der Waals surface area contributed by atoms with Gasteiger partial charge in [-0.05, 0) is 25.5 Å². The number of aliphatic hydroxyl groups excluding tert-OH is 1. The highest BCUT2D eigenvalue weighted by atomic mass is 35.5. The van der Waals surface area contributed by atoms with Gasteiger partial charge in [0, 0.05) is 18.0 Å². The van der Waals surface area contributed by atoms with E-state index in [0.29, 0.717) is 26.1 Å². The van der Waals surface area contributed by atoms with Crippen LogP contribution in [0, 0.1) is 0 Å². The van der Waals surface area contributed by atoms with E-state index in [4.69, 9.17) is 11.6 Å². The molecule has 6 heteroatoms. The van der Waals surface area contributed by atoms with Crippen molar-refractivity contribution in [1.82, 2.24) is 10.2 Å². The molecule has 0 aromatic carbocycles. The van der Waals surface area contributed by atoms with E-state index >= 15 is 0 Å². The predicted octanol–water partition coefficient (Wildman–Crippen LogP) is 1.47. The molecular weight excluding hydrogens is 272 g/mol. The molecule has 2 N–H and O–H groups in total. The third-order valence-corrected chi connectivity index (χ3v) is 4.29. The molecule has 0 aliphatic carbocycles. The number of aliphatic hydroxyl groups is 1. The maximum atomic E-state index is 12.3. The van der Waals surface area contributed by atoms with Gasteiger partial charge in [0.25, 0.3) is 0 Å². The summed E-state index contributed by atoms with van der Waals surface area (Å²) in [4.78, 5) is 15.1. The molecule has 18 heavy (non-hydrogen) atoms. The van der Waals surface area contributed by atoms with E-state index in [9.17, 15) is 9.90 Å². The molecule has 1 aliphatic rings. The van der Waals surface area contributed by atoms with Gasteiger partial charge in [0.2, 0.25) is 5.91 Å². The lowest BCUT2D eigenvalue weighted by Gasteiger charge is -2.23. The van der Waals surface area contributed by atoms with Crippen molar-refractivity contribution < 1.29 is 9.90 Å². The average Bonchev–Trinajstić information content (AvgIpc) is 2.94. The van der Waals surface area contributed by atoms with E-state index in [0.717, 1.165) is 9.21 Å². The number of likely N-dealkylation sites (N-methyl/N-ethyl adjacent to an activating group) is 1. The summed E-state index contributed by atoms with van der Waals surface area (Å²) in [7, 11) is 0. The minimum Gasteiger partial charge on any atom is -0.392 e. The number of carbonyl (C=O) groups excluding carboxylic acids is 1. The first-order valence-corrected chi connectivity index (χ1v) is 7.24. The van der Waals surface area contributed by atoms with Crippen LogP contribution in [0.5, 0.6) is 0 Å². The Bertz CT molecular complexity index is 424. The van der Waals surface area contributed by atoms with Gasteiger partial charge in [-0.15, -0.1) is 11.3 Å². The van der Waals surface area contributed by atoms with Crippen LogP contribution in [0.15, 0.2) is 12.1 Å². The first kappa shape index (κ1) is 13.8. The van der Waals surface area contributed by atoms with Crippen molar-refractivity contribution in [3.05, 3.63) is 21.3 Å². The lowest BCUT2D eigenvalue weighted by atomic mass is 10.2. The number of halogens is 1. The molecule has 2 rings (SSSR count). The molecule has 1 aromatic rings. The first-order valence-electron chi connectivity index (χ1n) is 6.04. The van der Waals surface area contributed by atoms with E-state index in [1.807, 2.05) is 19.1 Å². The molecule has 1 aliphatic heterocycles. The molecule has 100 valence electrons. The zero-order valence-electron chi connectivity index (χ0n) is 10.2. The maximum absolute atomic E-state index is 12.3. The zero-order valence-corrected chi connectivity index (χ0v) is 11.8. The number of thiophene rings is 1. The summed E-state index contributed by atoms with van der Waals surface area (Å²) in [6.07, 6.45) is 0.0920. The van der Waals surface area contributed by atoms with Crippen LogP contribution in [0.1, 0.15) is 18.2 Å². The highest BCUT2D eigenvalue weighted by molar-refractivity contribution is 7.16. The number of hydrogen-bond acceptors (Lipinski definition) is 4. The highest BCUT2D eigenvalue weighted by Gasteiger charge is 2.30. The van der Waals surface area contributed by atoms with Gasteiger partial charge in [-0.1, -0.05) is 11.6 Å². The average molecular weight is 289 g/mol. The molecule has 1 aromatic heterocycles. The molecule has 0 bridgehead atoms. The van der Waals surface area contributed by atoms with E-state index < -0.39 is 6.10 Å². The number of β-amino-alcohol motifs (C(OH)–C–C–N with tert-alkyl or cyclic N) is 1. The van der Waals surface area contributed by atoms with Crippen LogP contribution >= 0.6 is 22.9 Å². The summed E-state index contributed by atoms with van der Waals surface area (Å²) in [5, 5.41) is 12.5. The highest BCUT2D eigenvalue weighted by Crippen LogP contribution is 2.23. The number of amides is 1.